The highest BCUT2D eigenvalue weighted by molar-refractivity contribution is 5.96. The van der Waals surface area contributed by atoms with E-state index in [2.05, 4.69) is 5.32 Å². The lowest BCUT2D eigenvalue weighted by molar-refractivity contribution is 0.0927. The van der Waals surface area contributed by atoms with E-state index in [4.69, 9.17) is 0 Å². The molecule has 0 radical (unpaired) electrons. The Morgan fingerprint density at radius 3 is 2.42 bits per heavy atom. The van der Waals surface area contributed by atoms with Crippen molar-refractivity contribution in [1.82, 2.24) is 14.0 Å². The number of urea groups is 1. The van der Waals surface area contributed by atoms with Gasteiger partial charge in [-0.2, -0.15) is 0 Å². The maximum atomic E-state index is 15.2. The summed E-state index contributed by atoms with van der Waals surface area (Å²) in [6.45, 7) is 4.42. The molecule has 1 aliphatic carbocycles. The van der Waals surface area contributed by atoms with Crippen LogP contribution in [0.3, 0.4) is 0 Å². The number of nitrogens with zero attached hydrogens (tertiary/aromatic N) is 3. The number of nitrogens with one attached hydrogen (secondary N) is 1. The summed E-state index contributed by atoms with van der Waals surface area (Å²) in [6, 6.07) is 4.25. The zero-order valence-electron chi connectivity index (χ0n) is 22.4. The molecule has 2 fully saturated rings. The van der Waals surface area contributed by atoms with Crippen LogP contribution in [0.15, 0.2) is 39.9 Å². The molecule has 1 unspecified atom stereocenters. The molecule has 2 amide bonds. The standard InChI is InChI=1S/C29H31F3N4O4/c1-16(2)36-25-13-23(32)24(12-21(25)27(38)35(29(36)40)15-17-5-6-17)33-28(39)34-9-3-4-18(14-34)10-26(37)20-8-7-19(30)11-22(20)31/h7-8,11-13,16-18H,3-6,9-10,14-15H2,1-2H3,(H,33,39). The highest BCUT2D eigenvalue weighted by Crippen LogP contribution is 2.30. The molecule has 5 rings (SSSR count). The zero-order valence-corrected chi connectivity index (χ0v) is 22.4. The maximum Gasteiger partial charge on any atom is 0.331 e. The SMILES string of the molecule is CC(C)n1c(=O)n(CC2CC2)c(=O)c2cc(NC(=O)N3CCCC(CC(=O)c4ccc(F)cc4F)C3)c(F)cc21. The third kappa shape index (κ3) is 5.55. The third-order valence-corrected chi connectivity index (χ3v) is 7.66. The molecular weight excluding hydrogens is 525 g/mol. The van der Waals surface area contributed by atoms with E-state index >= 15 is 4.39 Å². The number of fused-ring (bicyclic) bond motifs is 1. The number of benzene rings is 2. The number of piperidine rings is 1. The first-order valence-corrected chi connectivity index (χ1v) is 13.6. The van der Waals surface area contributed by atoms with Gasteiger partial charge in [0, 0.05) is 44.2 Å². The molecule has 1 saturated heterocycles. The summed E-state index contributed by atoms with van der Waals surface area (Å²) in [5.74, 6) is -2.96. The van der Waals surface area contributed by atoms with Crippen LogP contribution in [0.2, 0.25) is 0 Å². The van der Waals surface area contributed by atoms with Crippen molar-refractivity contribution in [3.05, 3.63) is 74.2 Å². The Hall–Kier alpha value is -3.89. The summed E-state index contributed by atoms with van der Waals surface area (Å²) < 4.78 is 45.1. The van der Waals surface area contributed by atoms with Gasteiger partial charge in [-0.1, -0.05) is 0 Å². The molecule has 3 aromatic rings. The molecule has 1 aliphatic heterocycles. The molecule has 1 aromatic heterocycles. The Labute approximate surface area is 228 Å². The van der Waals surface area contributed by atoms with Crippen LogP contribution >= 0.6 is 0 Å². The maximum absolute atomic E-state index is 15.2. The van der Waals surface area contributed by atoms with Gasteiger partial charge < -0.3 is 10.2 Å². The number of halogens is 3. The highest BCUT2D eigenvalue weighted by atomic mass is 19.1. The number of rotatable bonds is 7. The van der Waals surface area contributed by atoms with Gasteiger partial charge in [0.15, 0.2) is 5.78 Å². The van der Waals surface area contributed by atoms with E-state index in [1.165, 1.54) is 20.1 Å². The van der Waals surface area contributed by atoms with Crippen LogP contribution in [-0.2, 0) is 6.54 Å². The molecule has 0 spiro atoms. The van der Waals surface area contributed by atoms with Gasteiger partial charge in [-0.05, 0) is 69.6 Å². The molecule has 2 aromatic carbocycles. The minimum atomic E-state index is -0.929. The van der Waals surface area contributed by atoms with Gasteiger partial charge in [0.2, 0.25) is 0 Å². The van der Waals surface area contributed by atoms with Crippen molar-refractivity contribution >= 4 is 28.4 Å². The zero-order chi connectivity index (χ0) is 28.7. The molecule has 1 saturated carbocycles. The van der Waals surface area contributed by atoms with Crippen molar-refractivity contribution in [2.45, 2.75) is 58.5 Å². The Morgan fingerprint density at radius 1 is 1.00 bits per heavy atom. The lowest BCUT2D eigenvalue weighted by Gasteiger charge is -2.32. The van der Waals surface area contributed by atoms with Crippen molar-refractivity contribution in [3.8, 4) is 0 Å². The van der Waals surface area contributed by atoms with Crippen LogP contribution in [0.5, 0.6) is 0 Å². The number of hydrogen-bond acceptors (Lipinski definition) is 4. The van der Waals surface area contributed by atoms with Crippen LogP contribution in [0.1, 0.15) is 62.4 Å². The van der Waals surface area contributed by atoms with Gasteiger partial charge in [-0.15, -0.1) is 0 Å². The Bertz CT molecular complexity index is 1610. The van der Waals surface area contributed by atoms with Gasteiger partial charge in [0.1, 0.15) is 17.5 Å². The van der Waals surface area contributed by atoms with E-state index in [-0.39, 0.29) is 53.0 Å². The smallest absolute Gasteiger partial charge is 0.324 e. The number of amides is 2. The van der Waals surface area contributed by atoms with Crippen molar-refractivity contribution < 1.29 is 22.8 Å². The molecule has 11 heteroatoms. The second-order valence-corrected chi connectivity index (χ2v) is 11.1. The topological polar surface area (TPSA) is 93.4 Å². The summed E-state index contributed by atoms with van der Waals surface area (Å²) in [6.07, 6.45) is 3.08. The number of ketones is 1. The molecule has 40 heavy (non-hydrogen) atoms. The normalized spacial score (nSPS) is 17.4. The van der Waals surface area contributed by atoms with Crippen molar-refractivity contribution in [2.75, 3.05) is 18.4 Å². The van der Waals surface area contributed by atoms with Crippen LogP contribution in [0.25, 0.3) is 10.9 Å². The van der Waals surface area contributed by atoms with Crippen LogP contribution in [0, 0.1) is 29.3 Å². The van der Waals surface area contributed by atoms with E-state index in [1.807, 2.05) is 0 Å². The molecule has 0 bridgehead atoms. The van der Waals surface area contributed by atoms with Crippen molar-refractivity contribution in [3.63, 3.8) is 0 Å². The Kier molecular flexibility index (Phi) is 7.57. The second kappa shape index (κ2) is 10.9. The Morgan fingerprint density at radius 2 is 1.75 bits per heavy atom. The molecule has 8 nitrogen and oxygen atoms in total. The van der Waals surface area contributed by atoms with Gasteiger partial charge in [-0.25, -0.2) is 22.8 Å². The molecule has 1 atom stereocenters. The van der Waals surface area contributed by atoms with Crippen LogP contribution in [0.4, 0.5) is 23.7 Å². The molecule has 1 N–H and O–H groups in total. The summed E-state index contributed by atoms with van der Waals surface area (Å²) in [7, 11) is 0. The van der Waals surface area contributed by atoms with Gasteiger partial charge in [0.25, 0.3) is 5.56 Å². The van der Waals surface area contributed by atoms with Gasteiger partial charge >= 0.3 is 11.7 Å². The minimum Gasteiger partial charge on any atom is -0.324 e. The van der Waals surface area contributed by atoms with Crippen LogP contribution in [-0.4, -0.2) is 38.9 Å². The van der Waals surface area contributed by atoms with E-state index < -0.39 is 40.5 Å². The fourth-order valence-corrected chi connectivity index (χ4v) is 5.41. The number of Topliss-reactive ketones (excluding diaryl/α,β-unsaturated/α-hetero) is 1. The largest absolute Gasteiger partial charge is 0.331 e. The number of likely N-dealkylation sites (tertiary alicyclic amines) is 1. The molecule has 2 heterocycles. The number of carbonyl (C=O) groups is 2. The summed E-state index contributed by atoms with van der Waals surface area (Å²) in [5, 5.41) is 2.68. The predicted molar refractivity (Wildman–Crippen MR) is 144 cm³/mol. The first-order chi connectivity index (χ1) is 19.0. The number of hydrogen-bond donors (Lipinski definition) is 1. The van der Waals surface area contributed by atoms with E-state index in [0.717, 1.165) is 31.0 Å². The van der Waals surface area contributed by atoms with Gasteiger partial charge in [-0.3, -0.25) is 18.7 Å². The molecule has 212 valence electrons. The van der Waals surface area contributed by atoms with Gasteiger partial charge in [0.05, 0.1) is 22.2 Å². The van der Waals surface area contributed by atoms with Crippen molar-refractivity contribution in [2.24, 2.45) is 11.8 Å². The van der Waals surface area contributed by atoms with Crippen molar-refractivity contribution in [1.29, 1.82) is 0 Å². The first kappa shape index (κ1) is 27.7. The minimum absolute atomic E-state index is 0.0239. The monoisotopic (exact) mass is 556 g/mol. The average molecular weight is 557 g/mol. The number of anilines is 1. The quantitative estimate of drug-likeness (QED) is 0.411. The van der Waals surface area contributed by atoms with E-state index in [0.29, 0.717) is 32.0 Å². The lowest BCUT2D eigenvalue weighted by Crippen LogP contribution is -2.43. The highest BCUT2D eigenvalue weighted by Gasteiger charge is 2.28. The third-order valence-electron chi connectivity index (χ3n) is 7.66. The number of aromatic nitrogens is 2. The first-order valence-electron chi connectivity index (χ1n) is 13.6. The van der Waals surface area contributed by atoms with Crippen LogP contribution < -0.4 is 16.6 Å². The molecular formula is C29H31F3N4O4. The fourth-order valence-electron chi connectivity index (χ4n) is 5.41. The van der Waals surface area contributed by atoms with E-state index in [9.17, 15) is 28.0 Å². The molecule has 2 aliphatic rings. The van der Waals surface area contributed by atoms with E-state index in [1.54, 1.807) is 13.8 Å². The summed E-state index contributed by atoms with van der Waals surface area (Å²) >= 11 is 0. The number of carbonyl (C=O) groups excluding carboxylic acids is 2. The summed E-state index contributed by atoms with van der Waals surface area (Å²) in [4.78, 5) is 53.5. The Balaban J connectivity index is 1.36. The predicted octanol–water partition coefficient (Wildman–Crippen LogP) is 5.09. The fraction of sp³-hybridized carbons (Fsp3) is 0.448. The lowest BCUT2D eigenvalue weighted by atomic mass is 9.91. The summed E-state index contributed by atoms with van der Waals surface area (Å²) in [5.41, 5.74) is -1.23. The average Bonchev–Trinajstić information content (AvgIpc) is 3.72. The second-order valence-electron chi connectivity index (χ2n) is 11.1.